The zero-order valence-electron chi connectivity index (χ0n) is 11.6. The molecule has 1 aliphatic rings. The molecule has 0 bridgehead atoms. The summed E-state index contributed by atoms with van der Waals surface area (Å²) in [6.45, 7) is 6.12. The average molecular weight is 262 g/mol. The molecule has 0 radical (unpaired) electrons. The predicted molar refractivity (Wildman–Crippen MR) is 75.3 cm³/mol. The molecule has 2 N–H and O–H groups in total. The Labute approximate surface area is 114 Å². The molecule has 0 saturated heterocycles. The summed E-state index contributed by atoms with van der Waals surface area (Å²) in [6.07, 6.45) is 0.764. The fraction of sp³-hybridized carbons (Fsp3) is 0.533. The minimum atomic E-state index is -0.0750. The van der Waals surface area contributed by atoms with Gasteiger partial charge in [0.15, 0.2) is 0 Å². The molecular formula is C15H22N2O2. The van der Waals surface area contributed by atoms with Gasteiger partial charge in [-0.1, -0.05) is 32.0 Å². The third-order valence-corrected chi connectivity index (χ3v) is 3.23. The number of hydrogen-bond acceptors (Lipinski definition) is 3. The number of rotatable bonds is 5. The fourth-order valence-corrected chi connectivity index (χ4v) is 2.19. The number of hydrogen-bond donors (Lipinski definition) is 2. The highest BCUT2D eigenvalue weighted by molar-refractivity contribution is 5.79. The van der Waals surface area contributed by atoms with Crippen LogP contribution in [-0.2, 0) is 11.2 Å². The van der Waals surface area contributed by atoms with Gasteiger partial charge < -0.3 is 15.4 Å². The van der Waals surface area contributed by atoms with E-state index in [1.807, 2.05) is 24.3 Å². The third kappa shape index (κ3) is 3.96. The largest absolute Gasteiger partial charge is 0.492 e. The smallest absolute Gasteiger partial charge is 0.226 e. The van der Waals surface area contributed by atoms with Crippen molar-refractivity contribution in [3.05, 3.63) is 29.8 Å². The molecule has 4 heteroatoms. The molecule has 1 heterocycles. The number of fused-ring (bicyclic) bond motifs is 1. The van der Waals surface area contributed by atoms with E-state index < -0.39 is 0 Å². The normalized spacial score (nSPS) is 17.7. The maximum absolute atomic E-state index is 12.0. The second-order valence-electron chi connectivity index (χ2n) is 5.22. The van der Waals surface area contributed by atoms with Crippen LogP contribution in [0.3, 0.4) is 0 Å². The van der Waals surface area contributed by atoms with Crippen molar-refractivity contribution in [3.8, 4) is 5.75 Å². The van der Waals surface area contributed by atoms with Gasteiger partial charge in [0.05, 0.1) is 5.92 Å². The van der Waals surface area contributed by atoms with Crippen LogP contribution in [0, 0.1) is 5.92 Å². The van der Waals surface area contributed by atoms with Crippen molar-refractivity contribution in [1.29, 1.82) is 0 Å². The lowest BCUT2D eigenvalue weighted by Gasteiger charge is -2.24. The highest BCUT2D eigenvalue weighted by Crippen LogP contribution is 2.26. The monoisotopic (exact) mass is 262 g/mol. The van der Waals surface area contributed by atoms with E-state index in [1.54, 1.807) is 0 Å². The Hall–Kier alpha value is -1.55. The molecule has 4 nitrogen and oxygen atoms in total. The van der Waals surface area contributed by atoms with Crippen molar-refractivity contribution in [2.45, 2.75) is 26.3 Å². The molecule has 1 amide bonds. The van der Waals surface area contributed by atoms with Crippen LogP contribution in [0.2, 0.25) is 0 Å². The Morgan fingerprint density at radius 3 is 2.95 bits per heavy atom. The van der Waals surface area contributed by atoms with Crippen molar-refractivity contribution in [3.63, 3.8) is 0 Å². The van der Waals surface area contributed by atoms with Gasteiger partial charge in [0.2, 0.25) is 5.91 Å². The SMILES string of the molecule is CC(C)NCCNC(=O)C1COc2ccccc2C1. The first kappa shape index (κ1) is 13.9. The summed E-state index contributed by atoms with van der Waals surface area (Å²) in [6, 6.07) is 8.36. The van der Waals surface area contributed by atoms with Crippen molar-refractivity contribution < 1.29 is 9.53 Å². The van der Waals surface area contributed by atoms with Crippen molar-refractivity contribution in [1.82, 2.24) is 10.6 Å². The molecule has 1 atom stereocenters. The molecule has 104 valence electrons. The number of carbonyl (C=O) groups is 1. The standard InChI is InChI=1S/C15H22N2O2/c1-11(2)16-7-8-17-15(18)13-9-12-5-3-4-6-14(12)19-10-13/h3-6,11,13,16H,7-10H2,1-2H3,(H,17,18). The van der Waals surface area contributed by atoms with E-state index in [1.165, 1.54) is 0 Å². The highest BCUT2D eigenvalue weighted by atomic mass is 16.5. The molecule has 0 aliphatic carbocycles. The summed E-state index contributed by atoms with van der Waals surface area (Å²) in [5.74, 6) is 0.919. The molecule has 1 unspecified atom stereocenters. The molecular weight excluding hydrogens is 240 g/mol. The van der Waals surface area contributed by atoms with E-state index >= 15 is 0 Å². The minimum Gasteiger partial charge on any atom is -0.492 e. The van der Waals surface area contributed by atoms with Crippen molar-refractivity contribution in [2.24, 2.45) is 5.92 Å². The second-order valence-corrected chi connectivity index (χ2v) is 5.22. The van der Waals surface area contributed by atoms with Gasteiger partial charge in [0, 0.05) is 19.1 Å². The predicted octanol–water partition coefficient (Wildman–Crippen LogP) is 1.35. The average Bonchev–Trinajstić information content (AvgIpc) is 2.42. The fourth-order valence-electron chi connectivity index (χ4n) is 2.19. The Morgan fingerprint density at radius 1 is 1.37 bits per heavy atom. The van der Waals surface area contributed by atoms with Crippen LogP contribution >= 0.6 is 0 Å². The number of nitrogens with one attached hydrogen (secondary N) is 2. The molecule has 0 spiro atoms. The van der Waals surface area contributed by atoms with Crippen LogP contribution in [-0.4, -0.2) is 31.6 Å². The Morgan fingerprint density at radius 2 is 2.16 bits per heavy atom. The Kier molecular flexibility index (Phi) is 4.80. The molecule has 0 fully saturated rings. The van der Waals surface area contributed by atoms with Crippen LogP contribution in [0.1, 0.15) is 19.4 Å². The van der Waals surface area contributed by atoms with Gasteiger partial charge in [-0.05, 0) is 18.1 Å². The molecule has 1 aromatic rings. The van der Waals surface area contributed by atoms with Gasteiger partial charge in [0.25, 0.3) is 0 Å². The van der Waals surface area contributed by atoms with Crippen LogP contribution in [0.15, 0.2) is 24.3 Å². The molecule has 19 heavy (non-hydrogen) atoms. The molecule has 0 aromatic heterocycles. The molecule has 0 saturated carbocycles. The number of benzene rings is 1. The number of para-hydroxylation sites is 1. The first-order chi connectivity index (χ1) is 9.16. The zero-order chi connectivity index (χ0) is 13.7. The highest BCUT2D eigenvalue weighted by Gasteiger charge is 2.25. The van der Waals surface area contributed by atoms with Crippen molar-refractivity contribution in [2.75, 3.05) is 19.7 Å². The van der Waals surface area contributed by atoms with Gasteiger partial charge >= 0.3 is 0 Å². The van der Waals surface area contributed by atoms with E-state index in [0.29, 0.717) is 19.2 Å². The molecule has 1 aromatic carbocycles. The quantitative estimate of drug-likeness (QED) is 0.788. The van der Waals surface area contributed by atoms with Crippen LogP contribution < -0.4 is 15.4 Å². The van der Waals surface area contributed by atoms with Gasteiger partial charge in [0.1, 0.15) is 12.4 Å². The number of carbonyl (C=O) groups excluding carboxylic acids is 1. The summed E-state index contributed by atoms with van der Waals surface area (Å²) in [4.78, 5) is 12.0. The Balaban J connectivity index is 1.79. The summed E-state index contributed by atoms with van der Waals surface area (Å²) in [5, 5.41) is 6.23. The molecule has 1 aliphatic heterocycles. The van der Waals surface area contributed by atoms with E-state index in [-0.39, 0.29) is 11.8 Å². The molecule has 2 rings (SSSR count). The first-order valence-corrected chi connectivity index (χ1v) is 6.88. The van der Waals surface area contributed by atoms with Gasteiger partial charge in [-0.25, -0.2) is 0 Å². The summed E-state index contributed by atoms with van der Waals surface area (Å²) in [7, 11) is 0. The lowest BCUT2D eigenvalue weighted by Crippen LogP contribution is -2.41. The van der Waals surface area contributed by atoms with E-state index in [4.69, 9.17) is 4.74 Å². The van der Waals surface area contributed by atoms with Crippen LogP contribution in [0.5, 0.6) is 5.75 Å². The van der Waals surface area contributed by atoms with E-state index in [2.05, 4.69) is 24.5 Å². The van der Waals surface area contributed by atoms with Crippen molar-refractivity contribution >= 4 is 5.91 Å². The topological polar surface area (TPSA) is 50.4 Å². The van der Waals surface area contributed by atoms with E-state index in [9.17, 15) is 4.79 Å². The first-order valence-electron chi connectivity index (χ1n) is 6.88. The lowest BCUT2D eigenvalue weighted by atomic mass is 9.96. The second kappa shape index (κ2) is 6.57. The number of ether oxygens (including phenoxy) is 1. The number of amides is 1. The zero-order valence-corrected chi connectivity index (χ0v) is 11.6. The maximum atomic E-state index is 12.0. The van der Waals surface area contributed by atoms with Gasteiger partial charge in [-0.3, -0.25) is 4.79 Å². The van der Waals surface area contributed by atoms with Crippen LogP contribution in [0.25, 0.3) is 0 Å². The lowest BCUT2D eigenvalue weighted by molar-refractivity contribution is -0.126. The van der Waals surface area contributed by atoms with Gasteiger partial charge in [-0.15, -0.1) is 0 Å². The summed E-state index contributed by atoms with van der Waals surface area (Å²) >= 11 is 0. The third-order valence-electron chi connectivity index (χ3n) is 3.23. The Bertz CT molecular complexity index is 432. The van der Waals surface area contributed by atoms with Crippen LogP contribution in [0.4, 0.5) is 0 Å². The van der Waals surface area contributed by atoms with Gasteiger partial charge in [-0.2, -0.15) is 0 Å². The van der Waals surface area contributed by atoms with E-state index in [0.717, 1.165) is 24.3 Å². The maximum Gasteiger partial charge on any atom is 0.226 e. The minimum absolute atomic E-state index is 0.0750. The summed E-state index contributed by atoms with van der Waals surface area (Å²) in [5.41, 5.74) is 1.12. The summed E-state index contributed by atoms with van der Waals surface area (Å²) < 4.78 is 5.63.